The first kappa shape index (κ1) is 16.8. The van der Waals surface area contributed by atoms with Crippen molar-refractivity contribution in [2.75, 3.05) is 6.54 Å². The van der Waals surface area contributed by atoms with E-state index in [9.17, 15) is 9.90 Å². The van der Waals surface area contributed by atoms with Crippen molar-refractivity contribution in [3.8, 4) is 11.3 Å². The molecule has 3 N–H and O–H groups in total. The van der Waals surface area contributed by atoms with E-state index in [1.807, 2.05) is 30.3 Å². The molecule has 0 spiro atoms. The van der Waals surface area contributed by atoms with Crippen LogP contribution in [0.25, 0.3) is 11.3 Å². The number of furan rings is 1. The van der Waals surface area contributed by atoms with Crippen molar-refractivity contribution in [2.24, 2.45) is 0 Å². The van der Waals surface area contributed by atoms with Crippen molar-refractivity contribution >= 4 is 6.03 Å². The monoisotopic (exact) mass is 341 g/mol. The minimum absolute atomic E-state index is 0.0346. The predicted molar refractivity (Wildman–Crippen MR) is 90.6 cm³/mol. The molecule has 7 heteroatoms. The zero-order valence-electron chi connectivity index (χ0n) is 13.7. The lowest BCUT2D eigenvalue weighted by Gasteiger charge is -2.13. The summed E-state index contributed by atoms with van der Waals surface area (Å²) in [5.74, 6) is 1.44. The van der Waals surface area contributed by atoms with Gasteiger partial charge >= 0.3 is 6.03 Å². The van der Waals surface area contributed by atoms with Crippen LogP contribution < -0.4 is 10.6 Å². The minimum atomic E-state index is -0.900. The Bertz CT molecular complexity index is 799. The van der Waals surface area contributed by atoms with E-state index in [-0.39, 0.29) is 6.54 Å². The number of urea groups is 1. The van der Waals surface area contributed by atoms with Crippen LogP contribution in [0.1, 0.15) is 30.7 Å². The van der Waals surface area contributed by atoms with Crippen molar-refractivity contribution in [1.29, 1.82) is 0 Å². The molecule has 2 unspecified atom stereocenters. The van der Waals surface area contributed by atoms with Gasteiger partial charge in [0.1, 0.15) is 17.9 Å². The van der Waals surface area contributed by atoms with Crippen LogP contribution in [0.15, 0.2) is 63.8 Å². The molecule has 2 amide bonds. The van der Waals surface area contributed by atoms with E-state index in [4.69, 9.17) is 8.83 Å². The normalized spacial score (nSPS) is 13.2. The number of benzene rings is 1. The lowest BCUT2D eigenvalue weighted by atomic mass is 10.2. The van der Waals surface area contributed by atoms with Gasteiger partial charge in [0.05, 0.1) is 19.0 Å². The van der Waals surface area contributed by atoms with Crippen molar-refractivity contribution in [3.63, 3.8) is 0 Å². The van der Waals surface area contributed by atoms with Crippen molar-refractivity contribution in [3.05, 3.63) is 66.6 Å². The predicted octanol–water partition coefficient (Wildman–Crippen LogP) is 3.03. The Labute approximate surface area is 144 Å². The minimum Gasteiger partial charge on any atom is -0.467 e. The molecule has 1 aromatic carbocycles. The van der Waals surface area contributed by atoms with Crippen molar-refractivity contribution < 1.29 is 18.7 Å². The SMILES string of the molecule is CC(NC(=O)NCC(O)c1ccco1)c1ncc(-c2ccccc2)o1. The fraction of sp³-hybridized carbons (Fsp3) is 0.222. The number of rotatable bonds is 6. The Morgan fingerprint density at radius 1 is 1.24 bits per heavy atom. The molecule has 0 radical (unpaired) electrons. The number of nitrogens with zero attached hydrogens (tertiary/aromatic N) is 1. The largest absolute Gasteiger partial charge is 0.467 e. The van der Waals surface area contributed by atoms with Crippen LogP contribution in [0.4, 0.5) is 4.79 Å². The quantitative estimate of drug-likeness (QED) is 0.640. The Balaban J connectivity index is 1.52. The smallest absolute Gasteiger partial charge is 0.315 e. The molecule has 3 aromatic rings. The second-order valence-electron chi connectivity index (χ2n) is 5.54. The van der Waals surface area contributed by atoms with Gasteiger partial charge in [0.15, 0.2) is 5.76 Å². The van der Waals surface area contributed by atoms with Crippen molar-refractivity contribution in [2.45, 2.75) is 19.1 Å². The number of carbonyl (C=O) groups excluding carboxylic acids is 1. The highest BCUT2D eigenvalue weighted by Gasteiger charge is 2.17. The van der Waals surface area contributed by atoms with E-state index < -0.39 is 18.2 Å². The molecule has 0 saturated carbocycles. The Morgan fingerprint density at radius 3 is 2.76 bits per heavy atom. The highest BCUT2D eigenvalue weighted by atomic mass is 16.4. The van der Waals surface area contributed by atoms with Crippen molar-refractivity contribution in [1.82, 2.24) is 15.6 Å². The summed E-state index contributed by atoms with van der Waals surface area (Å²) >= 11 is 0. The van der Waals surface area contributed by atoms with Gasteiger partial charge in [-0.1, -0.05) is 30.3 Å². The number of carbonyl (C=O) groups is 1. The molecule has 130 valence electrons. The lowest BCUT2D eigenvalue weighted by molar-refractivity contribution is 0.147. The number of nitrogens with one attached hydrogen (secondary N) is 2. The van der Waals surface area contributed by atoms with Gasteiger partial charge in [-0.2, -0.15) is 0 Å². The van der Waals surface area contributed by atoms with E-state index in [2.05, 4.69) is 15.6 Å². The molecular formula is C18H19N3O4. The molecule has 0 aliphatic heterocycles. The molecule has 0 aliphatic rings. The van der Waals surface area contributed by atoms with Crippen LogP contribution in [-0.4, -0.2) is 22.7 Å². The fourth-order valence-corrected chi connectivity index (χ4v) is 2.30. The first-order chi connectivity index (χ1) is 12.1. The molecule has 2 aromatic heterocycles. The number of aliphatic hydroxyl groups excluding tert-OH is 1. The van der Waals surface area contributed by atoms with Gasteiger partial charge < -0.3 is 24.6 Å². The molecule has 0 fully saturated rings. The molecule has 7 nitrogen and oxygen atoms in total. The maximum atomic E-state index is 11.9. The molecular weight excluding hydrogens is 322 g/mol. The molecule has 2 atom stereocenters. The van der Waals surface area contributed by atoms with Gasteiger partial charge in [-0.25, -0.2) is 9.78 Å². The van der Waals surface area contributed by atoms with E-state index >= 15 is 0 Å². The molecule has 0 bridgehead atoms. The summed E-state index contributed by atoms with van der Waals surface area (Å²) in [6, 6.07) is 12.1. The van der Waals surface area contributed by atoms with Gasteiger partial charge in [-0.05, 0) is 19.1 Å². The summed E-state index contributed by atoms with van der Waals surface area (Å²) in [6.07, 6.45) is 2.19. The van der Waals surface area contributed by atoms with Crippen LogP contribution in [-0.2, 0) is 0 Å². The number of aliphatic hydroxyl groups is 1. The number of amides is 2. The third kappa shape index (κ3) is 4.27. The first-order valence-electron chi connectivity index (χ1n) is 7.90. The van der Waals surface area contributed by atoms with Gasteiger partial charge in [0.25, 0.3) is 0 Å². The van der Waals surface area contributed by atoms with E-state index in [0.717, 1.165) is 5.56 Å². The number of hydrogen-bond donors (Lipinski definition) is 3. The highest BCUT2D eigenvalue weighted by Crippen LogP contribution is 2.22. The standard InChI is InChI=1S/C18H19N3O4/c1-12(17-19-11-16(25-17)13-6-3-2-4-7-13)21-18(23)20-10-14(22)15-8-5-9-24-15/h2-9,11-12,14,22H,10H2,1H3,(H2,20,21,23). The summed E-state index contributed by atoms with van der Waals surface area (Å²) in [5, 5.41) is 15.2. The second-order valence-corrected chi connectivity index (χ2v) is 5.54. The molecule has 2 heterocycles. The third-order valence-corrected chi connectivity index (χ3v) is 3.63. The highest BCUT2D eigenvalue weighted by molar-refractivity contribution is 5.74. The average Bonchev–Trinajstić information content (AvgIpc) is 3.32. The molecule has 3 rings (SSSR count). The topological polar surface area (TPSA) is 101 Å². The fourth-order valence-electron chi connectivity index (χ4n) is 2.30. The van der Waals surface area contributed by atoms with Crippen LogP contribution in [0.2, 0.25) is 0 Å². The summed E-state index contributed by atoms with van der Waals surface area (Å²) < 4.78 is 10.8. The van der Waals surface area contributed by atoms with E-state index in [0.29, 0.717) is 17.4 Å². The van der Waals surface area contributed by atoms with Crippen LogP contribution in [0.3, 0.4) is 0 Å². The lowest BCUT2D eigenvalue weighted by Crippen LogP contribution is -2.39. The number of hydrogen-bond acceptors (Lipinski definition) is 5. The second kappa shape index (κ2) is 7.67. The maximum absolute atomic E-state index is 11.9. The van der Waals surface area contributed by atoms with E-state index in [1.54, 1.807) is 25.3 Å². The summed E-state index contributed by atoms with van der Waals surface area (Å²) in [7, 11) is 0. The maximum Gasteiger partial charge on any atom is 0.315 e. The van der Waals surface area contributed by atoms with Gasteiger partial charge in [-0.3, -0.25) is 0 Å². The summed E-state index contributed by atoms with van der Waals surface area (Å²) in [4.78, 5) is 16.2. The van der Waals surface area contributed by atoms with Gasteiger partial charge in [0, 0.05) is 5.56 Å². The van der Waals surface area contributed by atoms with E-state index in [1.165, 1.54) is 6.26 Å². The van der Waals surface area contributed by atoms with Crippen LogP contribution >= 0.6 is 0 Å². The number of oxazole rings is 1. The molecule has 25 heavy (non-hydrogen) atoms. The zero-order chi connectivity index (χ0) is 17.6. The van der Waals surface area contributed by atoms with Gasteiger partial charge in [-0.15, -0.1) is 0 Å². The molecule has 0 aliphatic carbocycles. The van der Waals surface area contributed by atoms with Gasteiger partial charge in [0.2, 0.25) is 5.89 Å². The average molecular weight is 341 g/mol. The first-order valence-corrected chi connectivity index (χ1v) is 7.90. The Kier molecular flexibility index (Phi) is 5.15. The Morgan fingerprint density at radius 2 is 2.04 bits per heavy atom. The Hall–Kier alpha value is -3.06. The van der Waals surface area contributed by atoms with Crippen LogP contribution in [0, 0.1) is 0 Å². The molecule has 0 saturated heterocycles. The third-order valence-electron chi connectivity index (χ3n) is 3.63. The van der Waals surface area contributed by atoms with Crippen LogP contribution in [0.5, 0.6) is 0 Å². The summed E-state index contributed by atoms with van der Waals surface area (Å²) in [6.45, 7) is 1.80. The zero-order valence-corrected chi connectivity index (χ0v) is 13.7. The summed E-state index contributed by atoms with van der Waals surface area (Å²) in [5.41, 5.74) is 0.916. The number of aromatic nitrogens is 1.